The van der Waals surface area contributed by atoms with Gasteiger partial charge in [0.1, 0.15) is 5.60 Å². The molecular formula is C19H34O2. The van der Waals surface area contributed by atoms with E-state index < -0.39 is 0 Å². The summed E-state index contributed by atoms with van der Waals surface area (Å²) in [5.74, 6) is 0.568. The Hall–Kier alpha value is -1.31. The molecule has 0 aliphatic carbocycles. The van der Waals surface area contributed by atoms with Crippen molar-refractivity contribution in [3.05, 3.63) is 35.4 Å². The molecule has 0 saturated heterocycles. The second-order valence-electron chi connectivity index (χ2n) is 6.16. The van der Waals surface area contributed by atoms with Crippen molar-refractivity contribution in [2.24, 2.45) is 0 Å². The predicted octanol–water partition coefficient (Wildman–Crippen LogP) is 5.88. The highest BCUT2D eigenvalue weighted by molar-refractivity contribution is 5.69. The average molecular weight is 294 g/mol. The summed E-state index contributed by atoms with van der Waals surface area (Å²) >= 11 is 0. The molecule has 0 bridgehead atoms. The van der Waals surface area contributed by atoms with E-state index in [1.807, 2.05) is 20.8 Å². The topological polar surface area (TPSA) is 26.3 Å². The van der Waals surface area contributed by atoms with E-state index in [0.717, 1.165) is 0 Å². The summed E-state index contributed by atoms with van der Waals surface area (Å²) < 4.78 is 4.95. The molecule has 0 radical (unpaired) electrons. The van der Waals surface area contributed by atoms with Crippen molar-refractivity contribution in [2.45, 2.75) is 80.3 Å². The minimum absolute atomic E-state index is 0. The van der Waals surface area contributed by atoms with Crippen LogP contribution in [0.3, 0.4) is 0 Å². The third-order valence-electron chi connectivity index (χ3n) is 2.97. The smallest absolute Gasteiger partial charge is 0.306 e. The van der Waals surface area contributed by atoms with Crippen molar-refractivity contribution in [3.8, 4) is 0 Å². The van der Waals surface area contributed by atoms with E-state index >= 15 is 0 Å². The van der Waals surface area contributed by atoms with Crippen molar-refractivity contribution >= 4 is 5.97 Å². The Kier molecular flexibility index (Phi) is 10.9. The molecule has 0 aliphatic rings. The van der Waals surface area contributed by atoms with E-state index in [1.165, 1.54) is 17.5 Å². The van der Waals surface area contributed by atoms with Gasteiger partial charge in [-0.15, -0.1) is 0 Å². The molecule has 0 spiro atoms. The summed E-state index contributed by atoms with van der Waals surface area (Å²) in [6, 6.07) is 8.82. The van der Waals surface area contributed by atoms with Crippen molar-refractivity contribution in [3.63, 3.8) is 0 Å². The number of rotatable bonds is 3. The Balaban J connectivity index is 0. The van der Waals surface area contributed by atoms with Crippen LogP contribution in [-0.4, -0.2) is 11.6 Å². The summed E-state index contributed by atoms with van der Waals surface area (Å²) in [6.07, 6.45) is 1.68. The second kappa shape index (κ2) is 10.4. The molecule has 1 aromatic carbocycles. The molecule has 2 heteroatoms. The summed E-state index contributed by atoms with van der Waals surface area (Å²) in [5, 5.41) is 0. The first kappa shape index (κ1) is 22.0. The molecule has 0 N–H and O–H groups in total. The molecule has 1 aromatic rings. The number of benzene rings is 1. The Morgan fingerprint density at radius 1 is 1.14 bits per heavy atom. The number of carbonyl (C=O) groups excluding carboxylic acids is 1. The molecule has 0 heterocycles. The van der Waals surface area contributed by atoms with Crippen LogP contribution in [0.4, 0.5) is 0 Å². The lowest BCUT2D eigenvalue weighted by Gasteiger charge is -2.18. The maximum Gasteiger partial charge on any atom is 0.306 e. The highest BCUT2D eigenvalue weighted by Gasteiger charge is 2.13. The summed E-state index contributed by atoms with van der Waals surface area (Å²) in [5.41, 5.74) is 2.47. The standard InChI is InChI=1S/C11H16.C7H14O2.CH4/c1-4-10(3)11-7-5-9(2)6-8-11;1-5-6(8)9-7(2,3)4;/h5-8,10H,4H2,1-3H3;5H2,1-4H3;1H4. The fourth-order valence-electron chi connectivity index (χ4n) is 1.54. The van der Waals surface area contributed by atoms with Gasteiger partial charge in [0.2, 0.25) is 0 Å². The molecule has 1 rings (SSSR count). The summed E-state index contributed by atoms with van der Waals surface area (Å²) in [7, 11) is 0. The maximum atomic E-state index is 10.6. The maximum absolute atomic E-state index is 10.6. The van der Waals surface area contributed by atoms with Crippen LogP contribution in [0, 0.1) is 6.92 Å². The van der Waals surface area contributed by atoms with Crippen LogP contribution in [0.1, 0.15) is 78.9 Å². The molecule has 122 valence electrons. The van der Waals surface area contributed by atoms with Crippen molar-refractivity contribution in [2.75, 3.05) is 0 Å². The van der Waals surface area contributed by atoms with E-state index in [4.69, 9.17) is 4.74 Å². The van der Waals surface area contributed by atoms with Gasteiger partial charge in [-0.05, 0) is 45.6 Å². The summed E-state index contributed by atoms with van der Waals surface area (Å²) in [4.78, 5) is 10.6. The van der Waals surface area contributed by atoms with E-state index in [0.29, 0.717) is 12.3 Å². The number of hydrogen-bond donors (Lipinski definition) is 0. The van der Waals surface area contributed by atoms with Crippen LogP contribution in [0.15, 0.2) is 24.3 Å². The largest absolute Gasteiger partial charge is 0.460 e. The lowest BCUT2D eigenvalue weighted by Crippen LogP contribution is -2.23. The molecule has 21 heavy (non-hydrogen) atoms. The number of ether oxygens (including phenoxy) is 1. The monoisotopic (exact) mass is 294 g/mol. The molecule has 0 amide bonds. The predicted molar refractivity (Wildman–Crippen MR) is 92.8 cm³/mol. The molecule has 0 saturated carbocycles. The first-order valence-corrected chi connectivity index (χ1v) is 7.48. The Bertz CT molecular complexity index is 385. The molecule has 0 fully saturated rings. The fraction of sp³-hybridized carbons (Fsp3) is 0.632. The van der Waals surface area contributed by atoms with E-state index in [2.05, 4.69) is 45.0 Å². The van der Waals surface area contributed by atoms with Gasteiger partial charge in [-0.3, -0.25) is 4.79 Å². The third-order valence-corrected chi connectivity index (χ3v) is 2.97. The van der Waals surface area contributed by atoms with Crippen LogP contribution in [0.5, 0.6) is 0 Å². The zero-order valence-corrected chi connectivity index (χ0v) is 14.1. The number of carbonyl (C=O) groups is 1. The van der Waals surface area contributed by atoms with Crippen LogP contribution in [0.2, 0.25) is 0 Å². The molecule has 0 aliphatic heterocycles. The lowest BCUT2D eigenvalue weighted by molar-refractivity contribution is -0.154. The summed E-state index contributed by atoms with van der Waals surface area (Å²) in [6.45, 7) is 14.0. The van der Waals surface area contributed by atoms with Crippen LogP contribution >= 0.6 is 0 Å². The van der Waals surface area contributed by atoms with Crippen molar-refractivity contribution < 1.29 is 9.53 Å². The minimum atomic E-state index is -0.326. The van der Waals surface area contributed by atoms with Crippen molar-refractivity contribution in [1.29, 1.82) is 0 Å². The van der Waals surface area contributed by atoms with Crippen LogP contribution in [-0.2, 0) is 9.53 Å². The Morgan fingerprint density at radius 2 is 1.62 bits per heavy atom. The molecule has 1 atom stereocenters. The highest BCUT2D eigenvalue weighted by Crippen LogP contribution is 2.18. The van der Waals surface area contributed by atoms with Crippen LogP contribution in [0.25, 0.3) is 0 Å². The van der Waals surface area contributed by atoms with E-state index in [-0.39, 0.29) is 19.0 Å². The zero-order valence-electron chi connectivity index (χ0n) is 14.1. The quantitative estimate of drug-likeness (QED) is 0.650. The minimum Gasteiger partial charge on any atom is -0.460 e. The average Bonchev–Trinajstić information content (AvgIpc) is 2.37. The third kappa shape index (κ3) is 11.1. The van der Waals surface area contributed by atoms with Gasteiger partial charge in [-0.2, -0.15) is 0 Å². The SMILES string of the molecule is C.CCC(=O)OC(C)(C)C.CCC(C)c1ccc(C)cc1. The second-order valence-corrected chi connectivity index (χ2v) is 6.16. The van der Waals surface area contributed by atoms with Gasteiger partial charge in [0.25, 0.3) is 0 Å². The van der Waals surface area contributed by atoms with Gasteiger partial charge in [0, 0.05) is 6.42 Å². The zero-order chi connectivity index (χ0) is 15.8. The lowest BCUT2D eigenvalue weighted by atomic mass is 9.98. The van der Waals surface area contributed by atoms with Gasteiger partial charge in [-0.25, -0.2) is 0 Å². The van der Waals surface area contributed by atoms with Gasteiger partial charge >= 0.3 is 5.97 Å². The Labute approximate surface area is 131 Å². The molecular weight excluding hydrogens is 260 g/mol. The first-order valence-electron chi connectivity index (χ1n) is 7.48. The van der Waals surface area contributed by atoms with Crippen LogP contribution < -0.4 is 0 Å². The van der Waals surface area contributed by atoms with E-state index in [9.17, 15) is 4.79 Å². The van der Waals surface area contributed by atoms with Crippen molar-refractivity contribution in [1.82, 2.24) is 0 Å². The molecule has 1 unspecified atom stereocenters. The van der Waals surface area contributed by atoms with Gasteiger partial charge in [0.15, 0.2) is 0 Å². The fourth-order valence-corrected chi connectivity index (χ4v) is 1.54. The Morgan fingerprint density at radius 3 is 1.90 bits per heavy atom. The normalized spacial score (nSPS) is 11.6. The highest BCUT2D eigenvalue weighted by atomic mass is 16.6. The molecule has 2 nitrogen and oxygen atoms in total. The van der Waals surface area contributed by atoms with Gasteiger partial charge < -0.3 is 4.74 Å². The van der Waals surface area contributed by atoms with Gasteiger partial charge in [0.05, 0.1) is 0 Å². The number of hydrogen-bond acceptors (Lipinski definition) is 2. The van der Waals surface area contributed by atoms with Gasteiger partial charge in [-0.1, -0.05) is 58.0 Å². The van der Waals surface area contributed by atoms with E-state index in [1.54, 1.807) is 6.92 Å². The molecule has 0 aromatic heterocycles. The first-order chi connectivity index (χ1) is 9.19. The number of aryl methyl sites for hydroxylation is 1. The number of esters is 1.